The van der Waals surface area contributed by atoms with Crippen LogP contribution in [-0.4, -0.2) is 5.11 Å². The molecule has 1 atom stereocenters. The van der Waals surface area contributed by atoms with Crippen LogP contribution in [0.5, 0.6) is 0 Å². The van der Waals surface area contributed by atoms with E-state index < -0.39 is 0 Å². The lowest BCUT2D eigenvalue weighted by Gasteiger charge is -2.19. The highest BCUT2D eigenvalue weighted by molar-refractivity contribution is 7.80. The zero-order valence-electron chi connectivity index (χ0n) is 13.1. The molecule has 2 rings (SSSR count). The van der Waals surface area contributed by atoms with Gasteiger partial charge in [-0.15, -0.1) is 0 Å². The maximum Gasteiger partial charge on any atom is 0.167 e. The van der Waals surface area contributed by atoms with Crippen molar-refractivity contribution in [1.29, 1.82) is 0 Å². The molecule has 0 aliphatic carbocycles. The van der Waals surface area contributed by atoms with Crippen molar-refractivity contribution in [1.82, 2.24) is 10.6 Å². The minimum Gasteiger partial charge on any atom is -0.359 e. The van der Waals surface area contributed by atoms with E-state index in [0.717, 1.165) is 5.56 Å². The van der Waals surface area contributed by atoms with Gasteiger partial charge in [0, 0.05) is 6.54 Å². The van der Waals surface area contributed by atoms with Crippen molar-refractivity contribution in [2.75, 3.05) is 0 Å². The molecule has 0 amide bonds. The third kappa shape index (κ3) is 4.53. The zero-order valence-corrected chi connectivity index (χ0v) is 13.9. The van der Waals surface area contributed by atoms with Gasteiger partial charge in [0.2, 0.25) is 0 Å². The predicted octanol–water partition coefficient (Wildman–Crippen LogP) is 4.17. The van der Waals surface area contributed by atoms with Crippen LogP contribution in [0.25, 0.3) is 0 Å². The molecule has 22 heavy (non-hydrogen) atoms. The first-order valence-corrected chi connectivity index (χ1v) is 7.72. The summed E-state index contributed by atoms with van der Waals surface area (Å²) >= 11 is 5.33. The fraction of sp³-hybridized carbons (Fsp3) is 0.278. The summed E-state index contributed by atoms with van der Waals surface area (Å²) in [5.41, 5.74) is 4.71. The van der Waals surface area contributed by atoms with Crippen molar-refractivity contribution in [2.24, 2.45) is 0 Å². The highest BCUT2D eigenvalue weighted by Gasteiger charge is 2.09. The number of hydrogen-bond acceptors (Lipinski definition) is 1. The Morgan fingerprint density at radius 1 is 1.14 bits per heavy atom. The number of nitrogens with one attached hydrogen (secondary N) is 2. The molecule has 0 aliphatic heterocycles. The normalized spacial score (nSPS) is 11.8. The van der Waals surface area contributed by atoms with Gasteiger partial charge in [0.15, 0.2) is 5.11 Å². The molecule has 2 nitrogen and oxygen atoms in total. The Kier molecular flexibility index (Phi) is 5.50. The van der Waals surface area contributed by atoms with E-state index in [9.17, 15) is 4.39 Å². The quantitative estimate of drug-likeness (QED) is 0.828. The van der Waals surface area contributed by atoms with Gasteiger partial charge in [0.05, 0.1) is 6.04 Å². The van der Waals surface area contributed by atoms with E-state index in [-0.39, 0.29) is 11.9 Å². The number of aryl methyl sites for hydroxylation is 2. The van der Waals surface area contributed by atoms with E-state index in [1.807, 2.05) is 0 Å². The predicted molar refractivity (Wildman–Crippen MR) is 93.3 cm³/mol. The minimum atomic E-state index is -0.229. The Morgan fingerprint density at radius 3 is 2.50 bits per heavy atom. The van der Waals surface area contributed by atoms with Crippen molar-refractivity contribution in [3.63, 3.8) is 0 Å². The summed E-state index contributed by atoms with van der Waals surface area (Å²) < 4.78 is 12.9. The molecular formula is C18H21FN2S. The molecule has 116 valence electrons. The molecule has 0 fully saturated rings. The van der Waals surface area contributed by atoms with E-state index in [0.29, 0.717) is 11.7 Å². The van der Waals surface area contributed by atoms with Crippen LogP contribution in [0.2, 0.25) is 0 Å². The van der Waals surface area contributed by atoms with Gasteiger partial charge < -0.3 is 10.6 Å². The largest absolute Gasteiger partial charge is 0.359 e. The van der Waals surface area contributed by atoms with E-state index >= 15 is 0 Å². The third-order valence-corrected chi connectivity index (χ3v) is 3.88. The number of rotatable bonds is 4. The molecule has 4 heteroatoms. The molecule has 0 saturated carbocycles. The summed E-state index contributed by atoms with van der Waals surface area (Å²) in [4.78, 5) is 0. The maximum absolute atomic E-state index is 12.9. The number of thiocarbonyl (C=S) groups is 1. The summed E-state index contributed by atoms with van der Waals surface area (Å²) in [6.45, 7) is 6.85. The Hall–Kier alpha value is -1.94. The van der Waals surface area contributed by atoms with Crippen molar-refractivity contribution < 1.29 is 4.39 Å². The lowest BCUT2D eigenvalue weighted by atomic mass is 10.0. The summed E-state index contributed by atoms with van der Waals surface area (Å²) in [5, 5.41) is 7.04. The van der Waals surface area contributed by atoms with E-state index in [2.05, 4.69) is 49.6 Å². The van der Waals surface area contributed by atoms with Gasteiger partial charge >= 0.3 is 0 Å². The standard InChI is InChI=1S/C18H21FN2S/c1-12-4-5-13(2)17(10-12)14(3)21-18(22)20-11-15-6-8-16(19)9-7-15/h4-10,14H,11H2,1-3H3,(H2,20,21,22)/t14-/m1/s1. The third-order valence-electron chi connectivity index (χ3n) is 3.62. The van der Waals surface area contributed by atoms with Gasteiger partial charge in [-0.25, -0.2) is 4.39 Å². The average Bonchev–Trinajstić information content (AvgIpc) is 2.49. The Balaban J connectivity index is 1.91. The fourth-order valence-corrected chi connectivity index (χ4v) is 2.59. The van der Waals surface area contributed by atoms with Crippen LogP contribution in [-0.2, 0) is 6.54 Å². The van der Waals surface area contributed by atoms with E-state index in [4.69, 9.17) is 12.2 Å². The lowest BCUT2D eigenvalue weighted by Crippen LogP contribution is -2.36. The molecular weight excluding hydrogens is 295 g/mol. The Bertz CT molecular complexity index is 653. The Morgan fingerprint density at radius 2 is 1.82 bits per heavy atom. The first-order chi connectivity index (χ1) is 10.5. The van der Waals surface area contributed by atoms with Crippen molar-refractivity contribution in [3.8, 4) is 0 Å². The summed E-state index contributed by atoms with van der Waals surface area (Å²) in [7, 11) is 0. The molecule has 0 aromatic heterocycles. The minimum absolute atomic E-state index is 0.133. The Labute approximate surface area is 136 Å². The first kappa shape index (κ1) is 16.4. The lowest BCUT2D eigenvalue weighted by molar-refractivity contribution is 0.626. The van der Waals surface area contributed by atoms with Crippen molar-refractivity contribution in [2.45, 2.75) is 33.4 Å². The summed E-state index contributed by atoms with van der Waals surface area (Å²) in [6, 6.07) is 12.9. The molecule has 0 radical (unpaired) electrons. The molecule has 2 N–H and O–H groups in total. The molecule has 0 spiro atoms. The van der Waals surface area contributed by atoms with Crippen LogP contribution in [0.15, 0.2) is 42.5 Å². The fourth-order valence-electron chi connectivity index (χ4n) is 2.34. The first-order valence-electron chi connectivity index (χ1n) is 7.31. The molecule has 0 bridgehead atoms. The second-order valence-electron chi connectivity index (χ2n) is 5.54. The highest BCUT2D eigenvalue weighted by Crippen LogP contribution is 2.18. The molecule has 0 aliphatic rings. The van der Waals surface area contributed by atoms with Gasteiger partial charge in [-0.2, -0.15) is 0 Å². The van der Waals surface area contributed by atoms with Crippen LogP contribution in [0.3, 0.4) is 0 Å². The summed E-state index contributed by atoms with van der Waals surface area (Å²) in [5.74, 6) is -0.229. The van der Waals surface area contributed by atoms with Gasteiger partial charge in [0.1, 0.15) is 5.82 Å². The topological polar surface area (TPSA) is 24.1 Å². The smallest absolute Gasteiger partial charge is 0.167 e. The van der Waals surface area contributed by atoms with Gasteiger partial charge in [-0.1, -0.05) is 35.9 Å². The number of benzene rings is 2. The molecule has 0 heterocycles. The molecule has 2 aromatic carbocycles. The molecule has 0 unspecified atom stereocenters. The average molecular weight is 316 g/mol. The van der Waals surface area contributed by atoms with Crippen LogP contribution >= 0.6 is 12.2 Å². The van der Waals surface area contributed by atoms with Crippen LogP contribution in [0.1, 0.15) is 35.2 Å². The SMILES string of the molecule is Cc1ccc(C)c([C@@H](C)NC(=S)NCc2ccc(F)cc2)c1. The van der Waals surface area contributed by atoms with Gasteiger partial charge in [0.25, 0.3) is 0 Å². The van der Waals surface area contributed by atoms with Crippen LogP contribution in [0.4, 0.5) is 4.39 Å². The van der Waals surface area contributed by atoms with E-state index in [1.54, 1.807) is 12.1 Å². The number of hydrogen-bond donors (Lipinski definition) is 2. The monoisotopic (exact) mass is 316 g/mol. The molecule has 0 saturated heterocycles. The highest BCUT2D eigenvalue weighted by atomic mass is 32.1. The second-order valence-corrected chi connectivity index (χ2v) is 5.94. The van der Waals surface area contributed by atoms with Crippen molar-refractivity contribution in [3.05, 3.63) is 70.5 Å². The number of halogens is 1. The van der Waals surface area contributed by atoms with Gasteiger partial charge in [-0.05, 0) is 61.8 Å². The van der Waals surface area contributed by atoms with Crippen LogP contribution < -0.4 is 10.6 Å². The summed E-state index contributed by atoms with van der Waals surface area (Å²) in [6.07, 6.45) is 0. The zero-order chi connectivity index (χ0) is 16.1. The van der Waals surface area contributed by atoms with Crippen LogP contribution in [0, 0.1) is 19.7 Å². The second kappa shape index (κ2) is 7.36. The maximum atomic E-state index is 12.9. The molecule has 2 aromatic rings. The van der Waals surface area contributed by atoms with Gasteiger partial charge in [-0.3, -0.25) is 0 Å². The van der Waals surface area contributed by atoms with Crippen molar-refractivity contribution >= 4 is 17.3 Å². The van der Waals surface area contributed by atoms with E-state index in [1.165, 1.54) is 28.8 Å².